The van der Waals surface area contributed by atoms with Crippen LogP contribution in [0.5, 0.6) is 0 Å². The summed E-state index contributed by atoms with van der Waals surface area (Å²) in [5, 5.41) is 8.21. The first-order valence-electron chi connectivity index (χ1n) is 7.39. The third-order valence-corrected chi connectivity index (χ3v) is 3.65. The molecule has 0 radical (unpaired) electrons. The highest BCUT2D eigenvalue weighted by atomic mass is 15.3. The normalized spacial score (nSPS) is 13.2. The highest BCUT2D eigenvalue weighted by Crippen LogP contribution is 2.21. The molecule has 0 saturated heterocycles. The third-order valence-electron chi connectivity index (χ3n) is 3.65. The molecule has 0 aromatic carbocycles. The minimum absolute atomic E-state index is 0.389. The topological polar surface area (TPSA) is 33.1 Å². The van der Waals surface area contributed by atoms with E-state index in [1.807, 2.05) is 0 Å². The Balaban J connectivity index is 2.45. The quantitative estimate of drug-likeness (QED) is 0.734. The fourth-order valence-electron chi connectivity index (χ4n) is 2.62. The lowest BCUT2D eigenvalue weighted by Crippen LogP contribution is -2.22. The van der Waals surface area contributed by atoms with Crippen LogP contribution in [0.15, 0.2) is 0 Å². The van der Waals surface area contributed by atoms with E-state index < -0.39 is 0 Å². The van der Waals surface area contributed by atoms with E-state index in [9.17, 15) is 0 Å². The molecule has 1 heterocycles. The number of nitrogens with one attached hydrogen (secondary N) is 1. The van der Waals surface area contributed by atoms with E-state index in [0.29, 0.717) is 6.04 Å². The standard InChI is InChI=1S/C15H30N4/c1-7-19-14(4)15(13(3)17-19)12(2)16-10-8-9-11-18(5)6/h12,16H,7-11H2,1-6H3. The average molecular weight is 266 g/mol. The van der Waals surface area contributed by atoms with Gasteiger partial charge in [0.1, 0.15) is 0 Å². The second kappa shape index (κ2) is 7.65. The maximum absolute atomic E-state index is 4.59. The summed E-state index contributed by atoms with van der Waals surface area (Å²) in [5.41, 5.74) is 3.83. The molecular formula is C15H30N4. The van der Waals surface area contributed by atoms with Crippen molar-refractivity contribution >= 4 is 0 Å². The summed E-state index contributed by atoms with van der Waals surface area (Å²) in [6.45, 7) is 11.8. The molecule has 0 spiro atoms. The van der Waals surface area contributed by atoms with Crippen LogP contribution >= 0.6 is 0 Å². The summed E-state index contributed by atoms with van der Waals surface area (Å²) in [7, 11) is 4.25. The van der Waals surface area contributed by atoms with Gasteiger partial charge in [-0.05, 0) is 67.7 Å². The van der Waals surface area contributed by atoms with Crippen molar-refractivity contribution in [2.75, 3.05) is 27.2 Å². The number of unbranched alkanes of at least 4 members (excludes halogenated alkanes) is 1. The van der Waals surface area contributed by atoms with Crippen LogP contribution in [-0.2, 0) is 6.54 Å². The van der Waals surface area contributed by atoms with Crippen molar-refractivity contribution < 1.29 is 0 Å². The number of hydrogen-bond acceptors (Lipinski definition) is 3. The molecule has 1 aromatic rings. The smallest absolute Gasteiger partial charge is 0.0644 e. The second-order valence-corrected chi connectivity index (χ2v) is 5.59. The molecule has 0 saturated carbocycles. The molecule has 1 N–H and O–H groups in total. The van der Waals surface area contributed by atoms with Gasteiger partial charge < -0.3 is 10.2 Å². The Labute approximate surface area is 118 Å². The Morgan fingerprint density at radius 1 is 1.26 bits per heavy atom. The van der Waals surface area contributed by atoms with Gasteiger partial charge in [0.2, 0.25) is 0 Å². The van der Waals surface area contributed by atoms with E-state index in [-0.39, 0.29) is 0 Å². The molecule has 4 heteroatoms. The largest absolute Gasteiger partial charge is 0.310 e. The molecule has 110 valence electrons. The number of hydrogen-bond donors (Lipinski definition) is 1. The summed E-state index contributed by atoms with van der Waals surface area (Å²) in [6.07, 6.45) is 2.47. The lowest BCUT2D eigenvalue weighted by atomic mass is 10.1. The molecule has 0 aliphatic carbocycles. The van der Waals surface area contributed by atoms with E-state index in [1.165, 1.54) is 30.6 Å². The van der Waals surface area contributed by atoms with E-state index in [2.05, 4.69) is 61.8 Å². The average Bonchev–Trinajstić information content (AvgIpc) is 2.63. The molecular weight excluding hydrogens is 236 g/mol. The van der Waals surface area contributed by atoms with Gasteiger partial charge in [-0.15, -0.1) is 0 Å². The molecule has 1 aromatic heterocycles. The van der Waals surface area contributed by atoms with Gasteiger partial charge >= 0.3 is 0 Å². The molecule has 1 atom stereocenters. The Kier molecular flexibility index (Phi) is 6.52. The van der Waals surface area contributed by atoms with Crippen LogP contribution in [0.2, 0.25) is 0 Å². The van der Waals surface area contributed by atoms with Crippen LogP contribution in [0.3, 0.4) is 0 Å². The third kappa shape index (κ3) is 4.62. The summed E-state index contributed by atoms with van der Waals surface area (Å²) < 4.78 is 2.09. The van der Waals surface area contributed by atoms with Crippen molar-refractivity contribution in [2.45, 2.75) is 53.1 Å². The van der Waals surface area contributed by atoms with Gasteiger partial charge in [0.05, 0.1) is 5.69 Å². The van der Waals surface area contributed by atoms with Crippen molar-refractivity contribution in [3.8, 4) is 0 Å². The van der Waals surface area contributed by atoms with Gasteiger partial charge in [-0.25, -0.2) is 0 Å². The predicted octanol–water partition coefficient (Wildman–Crippen LogP) is 2.51. The molecule has 19 heavy (non-hydrogen) atoms. The summed E-state index contributed by atoms with van der Waals surface area (Å²) in [4.78, 5) is 2.24. The molecule has 0 fully saturated rings. The van der Waals surface area contributed by atoms with Crippen LogP contribution in [0, 0.1) is 13.8 Å². The zero-order valence-electron chi connectivity index (χ0n) is 13.5. The maximum atomic E-state index is 4.59. The second-order valence-electron chi connectivity index (χ2n) is 5.59. The number of nitrogens with zero attached hydrogens (tertiary/aromatic N) is 3. The molecule has 0 bridgehead atoms. The summed E-state index contributed by atoms with van der Waals surface area (Å²) >= 11 is 0. The molecule has 0 aliphatic heterocycles. The van der Waals surface area contributed by atoms with Crippen LogP contribution in [0.25, 0.3) is 0 Å². The van der Waals surface area contributed by atoms with Gasteiger partial charge in [-0.1, -0.05) is 0 Å². The first-order chi connectivity index (χ1) is 8.97. The Morgan fingerprint density at radius 3 is 2.47 bits per heavy atom. The minimum atomic E-state index is 0.389. The van der Waals surface area contributed by atoms with Gasteiger partial charge in [-0.2, -0.15) is 5.10 Å². The zero-order valence-corrected chi connectivity index (χ0v) is 13.5. The van der Waals surface area contributed by atoms with E-state index in [4.69, 9.17) is 0 Å². The fraction of sp³-hybridized carbons (Fsp3) is 0.800. The lowest BCUT2D eigenvalue weighted by molar-refractivity contribution is 0.389. The van der Waals surface area contributed by atoms with Gasteiger partial charge in [0, 0.05) is 23.8 Å². The van der Waals surface area contributed by atoms with E-state index in [0.717, 1.165) is 18.8 Å². The fourth-order valence-corrected chi connectivity index (χ4v) is 2.62. The van der Waals surface area contributed by atoms with Crippen molar-refractivity contribution in [1.29, 1.82) is 0 Å². The highest BCUT2D eigenvalue weighted by molar-refractivity contribution is 5.27. The first kappa shape index (κ1) is 16.2. The predicted molar refractivity (Wildman–Crippen MR) is 81.6 cm³/mol. The first-order valence-corrected chi connectivity index (χ1v) is 7.39. The monoisotopic (exact) mass is 266 g/mol. The summed E-state index contributed by atoms with van der Waals surface area (Å²) in [6, 6.07) is 0.389. The van der Waals surface area contributed by atoms with Gasteiger partial charge in [-0.3, -0.25) is 4.68 Å². The number of aryl methyl sites for hydroxylation is 2. The molecule has 0 aliphatic rings. The van der Waals surface area contributed by atoms with E-state index in [1.54, 1.807) is 0 Å². The van der Waals surface area contributed by atoms with Crippen LogP contribution in [0.4, 0.5) is 0 Å². The molecule has 4 nitrogen and oxygen atoms in total. The zero-order chi connectivity index (χ0) is 14.4. The number of aromatic nitrogens is 2. The van der Waals surface area contributed by atoms with E-state index >= 15 is 0 Å². The van der Waals surface area contributed by atoms with Crippen molar-refractivity contribution in [3.63, 3.8) is 0 Å². The van der Waals surface area contributed by atoms with Crippen molar-refractivity contribution in [2.24, 2.45) is 0 Å². The highest BCUT2D eigenvalue weighted by Gasteiger charge is 2.16. The lowest BCUT2D eigenvalue weighted by Gasteiger charge is -2.15. The van der Waals surface area contributed by atoms with Gasteiger partial charge in [0.25, 0.3) is 0 Å². The molecule has 1 unspecified atom stereocenters. The van der Waals surface area contributed by atoms with Gasteiger partial charge in [0.15, 0.2) is 0 Å². The Morgan fingerprint density at radius 2 is 1.95 bits per heavy atom. The van der Waals surface area contributed by atoms with Crippen molar-refractivity contribution in [3.05, 3.63) is 17.0 Å². The van der Waals surface area contributed by atoms with Crippen LogP contribution in [-0.4, -0.2) is 41.9 Å². The maximum Gasteiger partial charge on any atom is 0.0644 e. The minimum Gasteiger partial charge on any atom is -0.310 e. The Bertz CT molecular complexity index is 382. The number of rotatable bonds is 8. The van der Waals surface area contributed by atoms with Crippen LogP contribution < -0.4 is 5.32 Å². The van der Waals surface area contributed by atoms with Crippen LogP contribution in [0.1, 0.15) is 49.7 Å². The summed E-state index contributed by atoms with van der Waals surface area (Å²) in [5.74, 6) is 0. The SMILES string of the molecule is CCn1nc(C)c(C(C)NCCCCN(C)C)c1C. The molecule has 0 amide bonds. The molecule has 1 rings (SSSR count). The Hall–Kier alpha value is -0.870. The van der Waals surface area contributed by atoms with Crippen molar-refractivity contribution in [1.82, 2.24) is 20.0 Å².